The van der Waals surface area contributed by atoms with Crippen molar-refractivity contribution in [3.8, 4) is 5.75 Å². The molecule has 1 unspecified atom stereocenters. The summed E-state index contributed by atoms with van der Waals surface area (Å²) in [5, 5.41) is 0. The number of fused-ring (bicyclic) bond motifs is 1. The highest BCUT2D eigenvalue weighted by molar-refractivity contribution is 5.49. The van der Waals surface area contributed by atoms with Crippen molar-refractivity contribution in [2.75, 3.05) is 13.7 Å². The molecule has 0 amide bonds. The summed E-state index contributed by atoms with van der Waals surface area (Å²) in [6.07, 6.45) is 4.32. The molecule has 2 heteroatoms. The lowest BCUT2D eigenvalue weighted by Crippen LogP contribution is -2.30. The number of methoxy groups -OCH3 is 1. The van der Waals surface area contributed by atoms with Crippen LogP contribution < -0.4 is 10.5 Å². The first-order valence-electron chi connectivity index (χ1n) is 6.16. The molecule has 0 saturated heterocycles. The minimum Gasteiger partial charge on any atom is -0.497 e. The van der Waals surface area contributed by atoms with Gasteiger partial charge in [0.25, 0.3) is 0 Å². The molecule has 1 aliphatic carbocycles. The van der Waals surface area contributed by atoms with E-state index in [9.17, 15) is 0 Å². The van der Waals surface area contributed by atoms with Crippen LogP contribution in [0.3, 0.4) is 0 Å². The van der Waals surface area contributed by atoms with E-state index in [0.717, 1.165) is 18.6 Å². The molecule has 92 valence electrons. The molecule has 0 saturated carbocycles. The van der Waals surface area contributed by atoms with Gasteiger partial charge >= 0.3 is 0 Å². The van der Waals surface area contributed by atoms with Crippen LogP contribution in [0.5, 0.6) is 5.75 Å². The van der Waals surface area contributed by atoms with E-state index in [-0.39, 0.29) is 5.41 Å². The van der Waals surface area contributed by atoms with Crippen LogP contribution in [0.2, 0.25) is 0 Å². The molecule has 2 nitrogen and oxygen atoms in total. The van der Waals surface area contributed by atoms with Gasteiger partial charge in [0.15, 0.2) is 0 Å². The fourth-order valence-corrected chi connectivity index (χ4v) is 2.70. The first-order valence-corrected chi connectivity index (χ1v) is 6.16. The van der Waals surface area contributed by atoms with Crippen molar-refractivity contribution >= 4 is 0 Å². The average molecular weight is 231 g/mol. The summed E-state index contributed by atoms with van der Waals surface area (Å²) in [6, 6.07) is 6.38. The van der Waals surface area contributed by atoms with Gasteiger partial charge in [0.05, 0.1) is 7.11 Å². The maximum absolute atomic E-state index is 5.78. The first-order chi connectivity index (χ1) is 8.11. The van der Waals surface area contributed by atoms with Gasteiger partial charge in [-0.2, -0.15) is 0 Å². The predicted octanol–water partition coefficient (Wildman–Crippen LogP) is 2.80. The fraction of sp³-hybridized carbons (Fsp3) is 0.467. The highest BCUT2D eigenvalue weighted by atomic mass is 16.5. The molecule has 1 aromatic carbocycles. The standard InChI is InChI=1S/C15H21NO/c1-11-4-5-12-6-7-13(17-3)10-14(12)15(11,2)8-9-16/h4,6-7,10H,5,8-9,16H2,1-3H3. The van der Waals surface area contributed by atoms with E-state index in [0.29, 0.717) is 6.54 Å². The highest BCUT2D eigenvalue weighted by Gasteiger charge is 2.32. The molecule has 1 aliphatic rings. The molecule has 17 heavy (non-hydrogen) atoms. The van der Waals surface area contributed by atoms with Crippen molar-refractivity contribution in [1.29, 1.82) is 0 Å². The molecule has 0 radical (unpaired) electrons. The van der Waals surface area contributed by atoms with E-state index in [2.05, 4.69) is 32.1 Å². The number of allylic oxidation sites excluding steroid dienone is 2. The van der Waals surface area contributed by atoms with Crippen LogP contribution in [-0.4, -0.2) is 13.7 Å². The Morgan fingerprint density at radius 3 is 2.82 bits per heavy atom. The van der Waals surface area contributed by atoms with Crippen LogP contribution in [0, 0.1) is 0 Å². The normalized spacial score (nSPS) is 22.9. The van der Waals surface area contributed by atoms with E-state index in [1.54, 1.807) is 7.11 Å². The molecule has 2 N–H and O–H groups in total. The number of benzene rings is 1. The Morgan fingerprint density at radius 2 is 2.18 bits per heavy atom. The van der Waals surface area contributed by atoms with E-state index < -0.39 is 0 Å². The molecule has 0 aliphatic heterocycles. The van der Waals surface area contributed by atoms with Gasteiger partial charge in [-0.05, 0) is 49.6 Å². The van der Waals surface area contributed by atoms with Crippen LogP contribution >= 0.6 is 0 Å². The van der Waals surface area contributed by atoms with E-state index in [4.69, 9.17) is 10.5 Å². The zero-order chi connectivity index (χ0) is 12.5. The summed E-state index contributed by atoms with van der Waals surface area (Å²) >= 11 is 0. The molecule has 1 aromatic rings. The average Bonchev–Trinajstić information content (AvgIpc) is 2.34. The van der Waals surface area contributed by atoms with Crippen molar-refractivity contribution in [1.82, 2.24) is 0 Å². The van der Waals surface area contributed by atoms with Crippen LogP contribution in [-0.2, 0) is 11.8 Å². The van der Waals surface area contributed by atoms with Gasteiger partial charge in [0.1, 0.15) is 5.75 Å². The Bertz CT molecular complexity index is 450. The minimum atomic E-state index is 0.0663. The molecular formula is C15H21NO. The summed E-state index contributed by atoms with van der Waals surface area (Å²) in [5.41, 5.74) is 10.0. The van der Waals surface area contributed by atoms with Crippen molar-refractivity contribution in [3.05, 3.63) is 41.0 Å². The first kappa shape index (κ1) is 12.2. The summed E-state index contributed by atoms with van der Waals surface area (Å²) < 4.78 is 5.34. The Morgan fingerprint density at radius 1 is 1.41 bits per heavy atom. The van der Waals surface area contributed by atoms with E-state index >= 15 is 0 Å². The van der Waals surface area contributed by atoms with Gasteiger partial charge in [-0.1, -0.05) is 24.6 Å². The lowest BCUT2D eigenvalue weighted by molar-refractivity contribution is 0.411. The van der Waals surface area contributed by atoms with Gasteiger partial charge in [0.2, 0.25) is 0 Å². The number of hydrogen-bond donors (Lipinski definition) is 1. The van der Waals surface area contributed by atoms with Crippen LogP contribution in [0.15, 0.2) is 29.8 Å². The molecule has 2 rings (SSSR count). The van der Waals surface area contributed by atoms with Gasteiger partial charge < -0.3 is 10.5 Å². The topological polar surface area (TPSA) is 35.2 Å². The molecular weight excluding hydrogens is 210 g/mol. The lowest BCUT2D eigenvalue weighted by Gasteiger charge is -2.36. The van der Waals surface area contributed by atoms with Crippen molar-refractivity contribution in [2.24, 2.45) is 5.73 Å². The van der Waals surface area contributed by atoms with Crippen LogP contribution in [0.1, 0.15) is 31.4 Å². The second-order valence-corrected chi connectivity index (χ2v) is 4.99. The van der Waals surface area contributed by atoms with E-state index in [1.165, 1.54) is 16.7 Å². The van der Waals surface area contributed by atoms with Crippen molar-refractivity contribution < 1.29 is 4.74 Å². The summed E-state index contributed by atoms with van der Waals surface area (Å²) in [4.78, 5) is 0. The second kappa shape index (κ2) is 4.53. The maximum Gasteiger partial charge on any atom is 0.119 e. The molecule has 0 spiro atoms. The summed E-state index contributed by atoms with van der Waals surface area (Å²) in [6.45, 7) is 5.19. The second-order valence-electron chi connectivity index (χ2n) is 4.99. The summed E-state index contributed by atoms with van der Waals surface area (Å²) in [5.74, 6) is 0.932. The van der Waals surface area contributed by atoms with Gasteiger partial charge in [-0.15, -0.1) is 0 Å². The number of rotatable bonds is 3. The number of nitrogens with two attached hydrogens (primary N) is 1. The maximum atomic E-state index is 5.78. The third-order valence-electron chi connectivity index (χ3n) is 4.05. The molecule has 0 fully saturated rings. The highest BCUT2D eigenvalue weighted by Crippen LogP contribution is 2.41. The predicted molar refractivity (Wildman–Crippen MR) is 71.5 cm³/mol. The van der Waals surface area contributed by atoms with Crippen molar-refractivity contribution in [3.63, 3.8) is 0 Å². The molecule has 0 heterocycles. The summed E-state index contributed by atoms with van der Waals surface area (Å²) in [7, 11) is 1.72. The monoisotopic (exact) mass is 231 g/mol. The SMILES string of the molecule is COc1ccc2c(c1)C(C)(CCN)C(C)=CC2. The van der Waals surface area contributed by atoms with Gasteiger partial charge in [-0.25, -0.2) is 0 Å². The number of hydrogen-bond acceptors (Lipinski definition) is 2. The number of ether oxygens (including phenoxy) is 1. The zero-order valence-corrected chi connectivity index (χ0v) is 10.9. The Hall–Kier alpha value is -1.28. The third kappa shape index (κ3) is 1.98. The van der Waals surface area contributed by atoms with E-state index in [1.807, 2.05) is 6.07 Å². The smallest absolute Gasteiger partial charge is 0.119 e. The molecule has 0 aromatic heterocycles. The Labute approximate surface area is 103 Å². The Kier molecular flexibility index (Phi) is 3.25. The van der Waals surface area contributed by atoms with Gasteiger partial charge in [-0.3, -0.25) is 0 Å². The van der Waals surface area contributed by atoms with Crippen LogP contribution in [0.25, 0.3) is 0 Å². The quantitative estimate of drug-likeness (QED) is 0.812. The minimum absolute atomic E-state index is 0.0663. The molecule has 0 bridgehead atoms. The van der Waals surface area contributed by atoms with Crippen LogP contribution in [0.4, 0.5) is 0 Å². The Balaban J connectivity index is 2.53. The zero-order valence-electron chi connectivity index (χ0n) is 10.9. The fourth-order valence-electron chi connectivity index (χ4n) is 2.70. The lowest BCUT2D eigenvalue weighted by atomic mass is 9.68. The van der Waals surface area contributed by atoms with Crippen molar-refractivity contribution in [2.45, 2.75) is 32.1 Å². The third-order valence-corrected chi connectivity index (χ3v) is 4.05. The van der Waals surface area contributed by atoms with Gasteiger partial charge in [0, 0.05) is 5.41 Å². The largest absolute Gasteiger partial charge is 0.497 e. The molecule has 1 atom stereocenters.